The van der Waals surface area contributed by atoms with E-state index in [1.165, 1.54) is 34.0 Å². The maximum Gasteiger partial charge on any atom is 0.306 e. The Balaban J connectivity index is 1.32. The lowest BCUT2D eigenvalue weighted by Crippen LogP contribution is -2.01. The molecule has 0 aliphatic rings. The lowest BCUT2D eigenvalue weighted by molar-refractivity contribution is -0.385. The summed E-state index contributed by atoms with van der Waals surface area (Å²) in [5, 5.41) is 32.0. The molecule has 0 atom stereocenters. The monoisotopic (exact) mass is 396 g/mol. The van der Waals surface area contributed by atoms with Crippen LogP contribution in [0.15, 0.2) is 55.0 Å². The van der Waals surface area contributed by atoms with Gasteiger partial charge in [0.25, 0.3) is 0 Å². The molecule has 0 saturated carbocycles. The fraction of sp³-hybridized carbons (Fsp3) is 0.176. The third-order valence-electron chi connectivity index (χ3n) is 3.92. The van der Waals surface area contributed by atoms with Crippen molar-refractivity contribution in [1.82, 2.24) is 29.8 Å². The first-order valence-corrected chi connectivity index (χ1v) is 9.31. The van der Waals surface area contributed by atoms with Gasteiger partial charge < -0.3 is 5.32 Å². The van der Waals surface area contributed by atoms with Crippen molar-refractivity contribution in [2.24, 2.45) is 0 Å². The van der Waals surface area contributed by atoms with Gasteiger partial charge >= 0.3 is 5.69 Å². The summed E-state index contributed by atoms with van der Waals surface area (Å²) in [4.78, 5) is 10.2. The average Bonchev–Trinajstić information content (AvgIpc) is 3.43. The van der Waals surface area contributed by atoms with Crippen molar-refractivity contribution >= 4 is 28.0 Å². The Hall–Kier alpha value is -3.60. The Morgan fingerprint density at radius 1 is 1.14 bits per heavy atom. The molecule has 0 amide bonds. The molecule has 0 saturated heterocycles. The predicted octanol–water partition coefficient (Wildman–Crippen LogP) is 2.87. The van der Waals surface area contributed by atoms with Crippen molar-refractivity contribution in [1.29, 1.82) is 0 Å². The summed E-state index contributed by atoms with van der Waals surface area (Å²) in [5.74, 6) is 0.696. The number of nitro groups is 1. The van der Waals surface area contributed by atoms with E-state index in [2.05, 4.69) is 37.8 Å². The van der Waals surface area contributed by atoms with E-state index < -0.39 is 4.92 Å². The number of nitrogens with zero attached hydrogens (tertiary/aromatic N) is 7. The number of aryl methyl sites for hydroxylation is 2. The number of rotatable bonds is 8. The molecule has 0 aliphatic heterocycles. The van der Waals surface area contributed by atoms with E-state index in [4.69, 9.17) is 0 Å². The van der Waals surface area contributed by atoms with Gasteiger partial charge in [-0.25, -0.2) is 0 Å². The van der Waals surface area contributed by atoms with Gasteiger partial charge in [-0.15, -0.1) is 10.2 Å². The molecule has 11 heteroatoms. The van der Waals surface area contributed by atoms with Crippen LogP contribution in [0, 0.1) is 10.1 Å². The van der Waals surface area contributed by atoms with Gasteiger partial charge in [0.05, 0.1) is 11.5 Å². The van der Waals surface area contributed by atoms with Crippen molar-refractivity contribution in [2.75, 3.05) is 5.32 Å². The normalized spacial score (nSPS) is 10.9. The SMILES string of the molecule is O=[N+]([O-])c1cnn(CCc2nnc(Nc3ccn(Cc4ccccc4)n3)s2)c1. The van der Waals surface area contributed by atoms with E-state index in [1.54, 1.807) is 0 Å². The second kappa shape index (κ2) is 7.96. The van der Waals surface area contributed by atoms with Gasteiger partial charge in [-0.2, -0.15) is 10.2 Å². The van der Waals surface area contributed by atoms with E-state index in [0.29, 0.717) is 30.5 Å². The molecule has 0 radical (unpaired) electrons. The lowest BCUT2D eigenvalue weighted by atomic mass is 10.2. The summed E-state index contributed by atoms with van der Waals surface area (Å²) in [6.07, 6.45) is 5.13. The molecule has 0 fully saturated rings. The number of aromatic nitrogens is 6. The average molecular weight is 396 g/mol. The van der Waals surface area contributed by atoms with E-state index >= 15 is 0 Å². The molecule has 10 nitrogen and oxygen atoms in total. The first kappa shape index (κ1) is 17.8. The van der Waals surface area contributed by atoms with E-state index in [1.807, 2.05) is 35.1 Å². The number of hydrogen-bond donors (Lipinski definition) is 1. The zero-order valence-electron chi connectivity index (χ0n) is 14.7. The highest BCUT2D eigenvalue weighted by Gasteiger charge is 2.10. The van der Waals surface area contributed by atoms with Gasteiger partial charge in [0.15, 0.2) is 5.82 Å². The zero-order chi connectivity index (χ0) is 19.3. The first-order valence-electron chi connectivity index (χ1n) is 8.49. The van der Waals surface area contributed by atoms with Gasteiger partial charge in [0.1, 0.15) is 17.4 Å². The van der Waals surface area contributed by atoms with Gasteiger partial charge in [-0.1, -0.05) is 41.7 Å². The largest absolute Gasteiger partial charge is 0.313 e. The Bertz CT molecular complexity index is 1070. The molecule has 142 valence electrons. The van der Waals surface area contributed by atoms with Crippen LogP contribution in [0.5, 0.6) is 0 Å². The van der Waals surface area contributed by atoms with Crippen LogP contribution in [-0.4, -0.2) is 34.7 Å². The first-order chi connectivity index (χ1) is 13.7. The molecule has 4 rings (SSSR count). The highest BCUT2D eigenvalue weighted by molar-refractivity contribution is 7.15. The molecule has 3 aromatic heterocycles. The summed E-state index contributed by atoms with van der Waals surface area (Å²) >= 11 is 1.42. The number of hydrogen-bond acceptors (Lipinski definition) is 8. The zero-order valence-corrected chi connectivity index (χ0v) is 15.5. The minimum Gasteiger partial charge on any atom is -0.313 e. The fourth-order valence-corrected chi connectivity index (χ4v) is 3.32. The van der Waals surface area contributed by atoms with Gasteiger partial charge in [0, 0.05) is 25.2 Å². The quantitative estimate of drug-likeness (QED) is 0.359. The molecule has 4 aromatic rings. The molecule has 3 heterocycles. The van der Waals surface area contributed by atoms with Crippen LogP contribution in [0.1, 0.15) is 10.6 Å². The van der Waals surface area contributed by atoms with Crippen LogP contribution in [-0.2, 0) is 19.5 Å². The van der Waals surface area contributed by atoms with Crippen LogP contribution < -0.4 is 5.32 Å². The van der Waals surface area contributed by atoms with Crippen molar-refractivity contribution in [3.63, 3.8) is 0 Å². The number of nitrogens with one attached hydrogen (secondary N) is 1. The summed E-state index contributed by atoms with van der Waals surface area (Å²) in [5.41, 5.74) is 1.15. The Morgan fingerprint density at radius 3 is 2.79 bits per heavy atom. The van der Waals surface area contributed by atoms with E-state index in [-0.39, 0.29) is 5.69 Å². The summed E-state index contributed by atoms with van der Waals surface area (Å²) in [6.45, 7) is 1.19. The van der Waals surface area contributed by atoms with Gasteiger partial charge in [-0.3, -0.25) is 19.5 Å². The van der Waals surface area contributed by atoms with Crippen LogP contribution in [0.4, 0.5) is 16.6 Å². The maximum atomic E-state index is 10.7. The topological polar surface area (TPSA) is 117 Å². The molecule has 1 aromatic carbocycles. The fourth-order valence-electron chi connectivity index (χ4n) is 2.58. The number of benzene rings is 1. The highest BCUT2D eigenvalue weighted by atomic mass is 32.1. The molecule has 0 unspecified atom stereocenters. The molecule has 1 N–H and O–H groups in total. The van der Waals surface area contributed by atoms with E-state index in [0.717, 1.165) is 5.01 Å². The van der Waals surface area contributed by atoms with Crippen molar-refractivity contribution in [3.8, 4) is 0 Å². The molecule has 28 heavy (non-hydrogen) atoms. The van der Waals surface area contributed by atoms with Crippen molar-refractivity contribution in [2.45, 2.75) is 19.5 Å². The maximum absolute atomic E-state index is 10.7. The second-order valence-electron chi connectivity index (χ2n) is 5.98. The molecular formula is C17H16N8O2S. The third kappa shape index (κ3) is 4.38. The minimum absolute atomic E-state index is 0.0225. The van der Waals surface area contributed by atoms with Gasteiger partial charge in [-0.05, 0) is 5.56 Å². The van der Waals surface area contributed by atoms with Crippen LogP contribution >= 0.6 is 11.3 Å². The summed E-state index contributed by atoms with van der Waals surface area (Å²) in [6, 6.07) is 12.0. The standard InChI is InChI=1S/C17H16N8O2S/c26-25(27)14-10-18-23(12-14)9-7-16-20-21-17(28-16)19-15-6-8-24(22-15)11-13-4-2-1-3-5-13/h1-6,8,10,12H,7,9,11H2,(H,19,21,22). The smallest absolute Gasteiger partial charge is 0.306 e. The lowest BCUT2D eigenvalue weighted by Gasteiger charge is -2.01. The molecule has 0 bridgehead atoms. The Morgan fingerprint density at radius 2 is 2.00 bits per heavy atom. The Kier molecular flexibility index (Phi) is 5.06. The Labute approximate surface area is 163 Å². The molecular weight excluding hydrogens is 380 g/mol. The van der Waals surface area contributed by atoms with E-state index in [9.17, 15) is 10.1 Å². The predicted molar refractivity (Wildman–Crippen MR) is 104 cm³/mol. The van der Waals surface area contributed by atoms with Crippen LogP contribution in [0.3, 0.4) is 0 Å². The summed E-state index contributed by atoms with van der Waals surface area (Å²) < 4.78 is 3.38. The highest BCUT2D eigenvalue weighted by Crippen LogP contribution is 2.20. The molecule has 0 aliphatic carbocycles. The van der Waals surface area contributed by atoms with Gasteiger partial charge in [0.2, 0.25) is 5.13 Å². The molecule has 0 spiro atoms. The second-order valence-corrected chi connectivity index (χ2v) is 7.04. The number of anilines is 2. The minimum atomic E-state index is -0.465. The van der Waals surface area contributed by atoms with Crippen molar-refractivity contribution < 1.29 is 4.92 Å². The van der Waals surface area contributed by atoms with Crippen LogP contribution in [0.25, 0.3) is 0 Å². The third-order valence-corrected chi connectivity index (χ3v) is 4.81. The summed E-state index contributed by atoms with van der Waals surface area (Å²) in [7, 11) is 0. The van der Waals surface area contributed by atoms with Crippen molar-refractivity contribution in [3.05, 3.63) is 75.7 Å². The van der Waals surface area contributed by atoms with Crippen LogP contribution in [0.2, 0.25) is 0 Å².